The van der Waals surface area contributed by atoms with E-state index in [0.29, 0.717) is 30.0 Å². The Hall–Kier alpha value is -2.94. The van der Waals surface area contributed by atoms with Crippen LogP contribution in [0.25, 0.3) is 10.9 Å². The van der Waals surface area contributed by atoms with Crippen molar-refractivity contribution in [2.24, 2.45) is 10.9 Å². The van der Waals surface area contributed by atoms with Crippen LogP contribution in [0.1, 0.15) is 29.2 Å². The molecule has 1 unspecified atom stereocenters. The third-order valence-electron chi connectivity index (χ3n) is 5.02. The van der Waals surface area contributed by atoms with Crippen molar-refractivity contribution in [3.05, 3.63) is 39.9 Å². The average Bonchev–Trinajstić information content (AvgIpc) is 3.39. The fourth-order valence-electron chi connectivity index (χ4n) is 3.53. The fraction of sp³-hybridized carbons (Fsp3) is 0.389. The van der Waals surface area contributed by atoms with E-state index in [1.807, 2.05) is 0 Å². The molecule has 8 nitrogen and oxygen atoms in total. The highest BCUT2D eigenvalue weighted by molar-refractivity contribution is 5.98. The van der Waals surface area contributed by atoms with Crippen LogP contribution < -0.4 is 16.1 Å². The number of carboxylic acid groups (broad SMARTS) is 1. The van der Waals surface area contributed by atoms with Crippen LogP contribution in [0.15, 0.2) is 28.3 Å². The van der Waals surface area contributed by atoms with Crippen LogP contribution in [0.3, 0.4) is 0 Å². The lowest BCUT2D eigenvalue weighted by atomic mass is 10.1. The van der Waals surface area contributed by atoms with Gasteiger partial charge in [-0.25, -0.2) is 9.18 Å². The highest BCUT2D eigenvalue weighted by atomic mass is 19.1. The van der Waals surface area contributed by atoms with Crippen molar-refractivity contribution < 1.29 is 19.1 Å². The Kier molecular flexibility index (Phi) is 4.11. The SMILES string of the molecule is CO/N=C1/CN(c2cc3c(cc2F)c(=O)c(C(=O)O)cn3C2CC2)CC1N. The van der Waals surface area contributed by atoms with Crippen LogP contribution in [0.2, 0.25) is 0 Å². The maximum Gasteiger partial charge on any atom is 0.341 e. The van der Waals surface area contributed by atoms with Crippen molar-refractivity contribution in [2.75, 3.05) is 25.1 Å². The van der Waals surface area contributed by atoms with Gasteiger partial charge in [0, 0.05) is 24.2 Å². The van der Waals surface area contributed by atoms with E-state index in [2.05, 4.69) is 5.16 Å². The quantitative estimate of drug-likeness (QED) is 0.781. The molecule has 3 N–H and O–H groups in total. The minimum atomic E-state index is -1.31. The third kappa shape index (κ3) is 2.93. The summed E-state index contributed by atoms with van der Waals surface area (Å²) in [6.07, 6.45) is 3.14. The Balaban J connectivity index is 1.88. The highest BCUT2D eigenvalue weighted by Crippen LogP contribution is 2.38. The van der Waals surface area contributed by atoms with Crippen molar-refractivity contribution in [1.82, 2.24) is 4.57 Å². The number of hydrogen-bond donors (Lipinski definition) is 2. The molecule has 2 aromatic rings. The molecule has 0 bridgehead atoms. The molecular formula is C18H19FN4O4. The van der Waals surface area contributed by atoms with Crippen LogP contribution in [0.5, 0.6) is 0 Å². The number of carboxylic acids is 1. The molecular weight excluding hydrogens is 355 g/mol. The number of benzene rings is 1. The summed E-state index contributed by atoms with van der Waals surface area (Å²) in [4.78, 5) is 30.4. The molecule has 9 heteroatoms. The van der Waals surface area contributed by atoms with Crippen LogP contribution in [0, 0.1) is 5.82 Å². The fourth-order valence-corrected chi connectivity index (χ4v) is 3.53. The Morgan fingerprint density at radius 2 is 2.15 bits per heavy atom. The Bertz CT molecular complexity index is 1030. The van der Waals surface area contributed by atoms with Gasteiger partial charge in [0.1, 0.15) is 18.5 Å². The van der Waals surface area contributed by atoms with Gasteiger partial charge in [-0.2, -0.15) is 0 Å². The first-order valence-corrected chi connectivity index (χ1v) is 8.63. The van der Waals surface area contributed by atoms with E-state index in [4.69, 9.17) is 10.6 Å². The van der Waals surface area contributed by atoms with Gasteiger partial charge in [0.15, 0.2) is 0 Å². The standard InChI is InChI=1S/C18H19FN4O4/c1-27-21-14-8-22(7-13(14)20)16-5-15-10(4-12(16)19)17(24)11(18(25)26)6-23(15)9-2-3-9/h4-6,9,13H,2-3,7-8,20H2,1H3,(H,25,26)/b21-14-. The van der Waals surface area contributed by atoms with Crippen molar-refractivity contribution in [3.8, 4) is 0 Å². The molecule has 1 aromatic heterocycles. The van der Waals surface area contributed by atoms with Gasteiger partial charge in [0.2, 0.25) is 5.43 Å². The molecule has 2 aliphatic rings. The van der Waals surface area contributed by atoms with Gasteiger partial charge in [0.05, 0.1) is 29.5 Å². The zero-order valence-electron chi connectivity index (χ0n) is 14.7. The lowest BCUT2D eigenvalue weighted by Gasteiger charge is -2.20. The van der Waals surface area contributed by atoms with E-state index in [1.165, 1.54) is 13.3 Å². The van der Waals surface area contributed by atoms with Crippen molar-refractivity contribution in [2.45, 2.75) is 24.9 Å². The first-order chi connectivity index (χ1) is 12.9. The highest BCUT2D eigenvalue weighted by Gasteiger charge is 2.31. The molecule has 0 amide bonds. The predicted octanol–water partition coefficient (Wildman–Crippen LogP) is 1.32. The number of carbonyl (C=O) groups is 1. The summed E-state index contributed by atoms with van der Waals surface area (Å²) in [5.41, 5.74) is 6.43. The molecule has 4 rings (SSSR count). The Labute approximate surface area is 153 Å². The molecule has 1 saturated heterocycles. The number of nitrogens with zero attached hydrogens (tertiary/aromatic N) is 3. The number of oxime groups is 1. The Morgan fingerprint density at radius 3 is 2.78 bits per heavy atom. The van der Waals surface area contributed by atoms with Gasteiger partial charge in [-0.3, -0.25) is 4.79 Å². The maximum absolute atomic E-state index is 14.8. The van der Waals surface area contributed by atoms with E-state index in [9.17, 15) is 19.1 Å². The summed E-state index contributed by atoms with van der Waals surface area (Å²) in [5, 5.41) is 13.3. The van der Waals surface area contributed by atoms with Gasteiger partial charge in [-0.1, -0.05) is 5.16 Å². The second kappa shape index (κ2) is 6.34. The summed E-state index contributed by atoms with van der Waals surface area (Å²) < 4.78 is 16.6. The van der Waals surface area contributed by atoms with Gasteiger partial charge in [-0.15, -0.1) is 0 Å². The maximum atomic E-state index is 14.8. The minimum Gasteiger partial charge on any atom is -0.477 e. The molecule has 1 atom stereocenters. The van der Waals surface area contributed by atoms with E-state index in [-0.39, 0.29) is 23.0 Å². The Morgan fingerprint density at radius 1 is 1.41 bits per heavy atom. The van der Waals surface area contributed by atoms with Gasteiger partial charge in [0.25, 0.3) is 0 Å². The zero-order valence-corrected chi connectivity index (χ0v) is 14.7. The van der Waals surface area contributed by atoms with Gasteiger partial charge >= 0.3 is 5.97 Å². The summed E-state index contributed by atoms with van der Waals surface area (Å²) in [6, 6.07) is 2.46. The van der Waals surface area contributed by atoms with Crippen LogP contribution in [-0.4, -0.2) is 47.6 Å². The molecule has 1 aromatic carbocycles. The van der Waals surface area contributed by atoms with E-state index < -0.39 is 17.2 Å². The number of aromatic nitrogens is 1. The molecule has 2 heterocycles. The first-order valence-electron chi connectivity index (χ1n) is 8.63. The summed E-state index contributed by atoms with van der Waals surface area (Å²) in [7, 11) is 1.42. The number of fused-ring (bicyclic) bond motifs is 1. The normalized spacial score (nSPS) is 21.2. The minimum absolute atomic E-state index is 0.0670. The number of halogens is 1. The summed E-state index contributed by atoms with van der Waals surface area (Å²) >= 11 is 0. The molecule has 2 fully saturated rings. The van der Waals surface area contributed by atoms with Crippen LogP contribution in [-0.2, 0) is 4.84 Å². The molecule has 1 aliphatic carbocycles. The topological polar surface area (TPSA) is 110 Å². The number of aromatic carboxylic acids is 1. The molecule has 142 valence electrons. The van der Waals surface area contributed by atoms with E-state index in [1.54, 1.807) is 15.5 Å². The number of anilines is 1. The number of rotatable bonds is 4. The molecule has 0 radical (unpaired) electrons. The van der Waals surface area contributed by atoms with E-state index >= 15 is 0 Å². The molecule has 27 heavy (non-hydrogen) atoms. The summed E-state index contributed by atoms with van der Waals surface area (Å²) in [5.74, 6) is -1.91. The molecule has 0 spiro atoms. The van der Waals surface area contributed by atoms with Crippen LogP contribution >= 0.6 is 0 Å². The number of pyridine rings is 1. The van der Waals surface area contributed by atoms with Crippen molar-refractivity contribution >= 4 is 28.3 Å². The predicted molar refractivity (Wildman–Crippen MR) is 98.0 cm³/mol. The van der Waals surface area contributed by atoms with Gasteiger partial charge < -0.3 is 25.1 Å². The van der Waals surface area contributed by atoms with Gasteiger partial charge in [-0.05, 0) is 25.0 Å². The smallest absolute Gasteiger partial charge is 0.341 e. The number of hydrogen-bond acceptors (Lipinski definition) is 6. The monoisotopic (exact) mass is 374 g/mol. The largest absolute Gasteiger partial charge is 0.477 e. The van der Waals surface area contributed by atoms with Crippen molar-refractivity contribution in [1.29, 1.82) is 0 Å². The molecule has 1 saturated carbocycles. The average molecular weight is 374 g/mol. The zero-order chi connectivity index (χ0) is 19.3. The third-order valence-corrected chi connectivity index (χ3v) is 5.02. The van der Waals surface area contributed by atoms with Crippen LogP contribution in [0.4, 0.5) is 10.1 Å². The van der Waals surface area contributed by atoms with Crippen molar-refractivity contribution in [3.63, 3.8) is 0 Å². The second-order valence-corrected chi connectivity index (χ2v) is 6.89. The lowest BCUT2D eigenvalue weighted by molar-refractivity contribution is 0.0695. The lowest BCUT2D eigenvalue weighted by Crippen LogP contribution is -2.30. The summed E-state index contributed by atoms with van der Waals surface area (Å²) in [6.45, 7) is 0.684. The van der Waals surface area contributed by atoms with E-state index in [0.717, 1.165) is 18.9 Å². The second-order valence-electron chi connectivity index (χ2n) is 6.89. The first kappa shape index (κ1) is 17.5. The number of nitrogens with two attached hydrogens (primary N) is 1. The molecule has 1 aliphatic heterocycles.